The van der Waals surface area contributed by atoms with Crippen LogP contribution in [-0.4, -0.2) is 4.98 Å². The minimum absolute atomic E-state index is 0.623. The van der Waals surface area contributed by atoms with Crippen molar-refractivity contribution in [2.75, 3.05) is 0 Å². The van der Waals surface area contributed by atoms with Crippen molar-refractivity contribution < 1.29 is 0 Å². The molecule has 0 spiro atoms. The summed E-state index contributed by atoms with van der Waals surface area (Å²) >= 11 is 1.78. The number of nitrogens with two attached hydrogens (primary N) is 1. The third-order valence-electron chi connectivity index (χ3n) is 2.97. The topological polar surface area (TPSA) is 38.9 Å². The smallest absolute Gasteiger partial charge is 0.0934 e. The molecule has 0 fully saturated rings. The van der Waals surface area contributed by atoms with E-state index in [0.717, 1.165) is 25.7 Å². The first-order valence-electron chi connectivity index (χ1n) is 6.55. The van der Waals surface area contributed by atoms with Gasteiger partial charge in [0, 0.05) is 17.8 Å². The van der Waals surface area contributed by atoms with Crippen LogP contribution in [0.15, 0.2) is 30.3 Å². The molecule has 0 aliphatic heterocycles. The normalized spacial score (nSPS) is 10.8. The molecule has 1 aromatic heterocycles. The molecule has 1 aromatic carbocycles. The quantitative estimate of drug-likeness (QED) is 0.865. The van der Waals surface area contributed by atoms with E-state index in [2.05, 4.69) is 37.3 Å². The number of aromatic nitrogens is 1. The number of thiazole rings is 1. The van der Waals surface area contributed by atoms with Crippen LogP contribution in [0.25, 0.3) is 0 Å². The molecular weight excluding hydrogens is 240 g/mol. The highest BCUT2D eigenvalue weighted by Gasteiger charge is 2.09. The van der Waals surface area contributed by atoms with Gasteiger partial charge >= 0.3 is 0 Å². The second-order valence-electron chi connectivity index (χ2n) is 4.42. The summed E-state index contributed by atoms with van der Waals surface area (Å²) in [6, 6.07) is 10.6. The highest BCUT2D eigenvalue weighted by molar-refractivity contribution is 7.11. The number of nitrogens with zero attached hydrogens (tertiary/aromatic N) is 1. The van der Waals surface area contributed by atoms with Crippen molar-refractivity contribution in [3.8, 4) is 0 Å². The van der Waals surface area contributed by atoms with E-state index in [1.165, 1.54) is 21.1 Å². The molecule has 2 N–H and O–H groups in total. The van der Waals surface area contributed by atoms with E-state index in [1.807, 2.05) is 0 Å². The fourth-order valence-electron chi connectivity index (χ4n) is 2.03. The summed E-state index contributed by atoms with van der Waals surface area (Å²) in [7, 11) is 0. The minimum atomic E-state index is 0.623. The van der Waals surface area contributed by atoms with Crippen LogP contribution >= 0.6 is 11.3 Å². The Labute approximate surface area is 113 Å². The first kappa shape index (κ1) is 13.2. The largest absolute Gasteiger partial charge is 0.326 e. The third-order valence-corrected chi connectivity index (χ3v) is 4.14. The van der Waals surface area contributed by atoms with Crippen molar-refractivity contribution in [2.45, 2.75) is 39.2 Å². The van der Waals surface area contributed by atoms with Crippen LogP contribution in [-0.2, 0) is 25.8 Å². The molecule has 0 aliphatic rings. The van der Waals surface area contributed by atoms with Crippen molar-refractivity contribution in [3.63, 3.8) is 0 Å². The number of aryl methyl sites for hydroxylation is 3. The van der Waals surface area contributed by atoms with Crippen LogP contribution in [0.2, 0.25) is 0 Å². The second kappa shape index (κ2) is 6.66. The molecule has 3 heteroatoms. The van der Waals surface area contributed by atoms with Gasteiger partial charge < -0.3 is 5.73 Å². The van der Waals surface area contributed by atoms with Gasteiger partial charge in [-0.15, -0.1) is 11.3 Å². The van der Waals surface area contributed by atoms with Gasteiger partial charge in [0.1, 0.15) is 0 Å². The van der Waals surface area contributed by atoms with Crippen LogP contribution in [0, 0.1) is 0 Å². The minimum Gasteiger partial charge on any atom is -0.326 e. The van der Waals surface area contributed by atoms with Crippen LogP contribution in [0.4, 0.5) is 0 Å². The molecule has 2 rings (SSSR count). The van der Waals surface area contributed by atoms with Crippen LogP contribution in [0.5, 0.6) is 0 Å². The Bertz CT molecular complexity index is 476. The predicted molar refractivity (Wildman–Crippen MR) is 77.9 cm³/mol. The SMILES string of the molecule is CCCc1nc(CCc2ccccc2)sc1CN. The van der Waals surface area contributed by atoms with Crippen molar-refractivity contribution in [1.82, 2.24) is 4.98 Å². The zero-order valence-electron chi connectivity index (χ0n) is 10.9. The molecule has 0 amide bonds. The van der Waals surface area contributed by atoms with Gasteiger partial charge in [-0.3, -0.25) is 0 Å². The predicted octanol–water partition coefficient (Wildman–Crippen LogP) is 3.34. The van der Waals surface area contributed by atoms with Crippen LogP contribution in [0.3, 0.4) is 0 Å². The summed E-state index contributed by atoms with van der Waals surface area (Å²) in [6.07, 6.45) is 4.26. The van der Waals surface area contributed by atoms with Gasteiger partial charge in [-0.1, -0.05) is 43.7 Å². The summed E-state index contributed by atoms with van der Waals surface area (Å²) in [5, 5.41) is 1.22. The highest BCUT2D eigenvalue weighted by Crippen LogP contribution is 2.21. The highest BCUT2D eigenvalue weighted by atomic mass is 32.1. The zero-order valence-corrected chi connectivity index (χ0v) is 11.7. The van der Waals surface area contributed by atoms with E-state index in [4.69, 9.17) is 10.7 Å². The Hall–Kier alpha value is -1.19. The molecule has 0 bridgehead atoms. The van der Waals surface area contributed by atoms with Crippen molar-refractivity contribution in [3.05, 3.63) is 51.5 Å². The maximum Gasteiger partial charge on any atom is 0.0934 e. The Morgan fingerprint density at radius 2 is 1.89 bits per heavy atom. The van der Waals surface area contributed by atoms with Gasteiger partial charge in [0.25, 0.3) is 0 Å². The molecule has 0 saturated heterocycles. The zero-order chi connectivity index (χ0) is 12.8. The second-order valence-corrected chi connectivity index (χ2v) is 5.59. The van der Waals surface area contributed by atoms with Gasteiger partial charge in [0.2, 0.25) is 0 Å². The molecule has 18 heavy (non-hydrogen) atoms. The van der Waals surface area contributed by atoms with Gasteiger partial charge in [-0.25, -0.2) is 4.98 Å². The summed E-state index contributed by atoms with van der Waals surface area (Å²) in [6.45, 7) is 2.81. The van der Waals surface area contributed by atoms with Crippen molar-refractivity contribution in [2.24, 2.45) is 5.73 Å². The number of hydrogen-bond acceptors (Lipinski definition) is 3. The molecule has 2 aromatic rings. The fraction of sp³-hybridized carbons (Fsp3) is 0.400. The maximum atomic E-state index is 5.77. The number of benzene rings is 1. The molecule has 96 valence electrons. The molecule has 0 unspecified atom stereocenters. The Balaban J connectivity index is 2.01. The Morgan fingerprint density at radius 1 is 1.11 bits per heavy atom. The number of rotatable bonds is 6. The maximum absolute atomic E-state index is 5.77. The lowest BCUT2D eigenvalue weighted by molar-refractivity contribution is 0.851. The van der Waals surface area contributed by atoms with Gasteiger partial charge in [0.05, 0.1) is 10.7 Å². The molecule has 2 nitrogen and oxygen atoms in total. The van der Waals surface area contributed by atoms with Crippen LogP contribution in [0.1, 0.15) is 34.5 Å². The average Bonchev–Trinajstić information content (AvgIpc) is 2.80. The number of hydrogen-bond donors (Lipinski definition) is 1. The average molecular weight is 260 g/mol. The summed E-state index contributed by atoms with van der Waals surface area (Å²) < 4.78 is 0. The lowest BCUT2D eigenvalue weighted by Gasteiger charge is -1.97. The lowest BCUT2D eigenvalue weighted by atomic mass is 10.1. The van der Waals surface area contributed by atoms with E-state index >= 15 is 0 Å². The molecule has 0 radical (unpaired) electrons. The third kappa shape index (κ3) is 3.40. The van der Waals surface area contributed by atoms with Crippen molar-refractivity contribution in [1.29, 1.82) is 0 Å². The first-order chi connectivity index (χ1) is 8.83. The van der Waals surface area contributed by atoms with E-state index in [9.17, 15) is 0 Å². The van der Waals surface area contributed by atoms with E-state index in [1.54, 1.807) is 11.3 Å². The van der Waals surface area contributed by atoms with Crippen molar-refractivity contribution >= 4 is 11.3 Å². The lowest BCUT2D eigenvalue weighted by Crippen LogP contribution is -1.98. The Morgan fingerprint density at radius 3 is 2.56 bits per heavy atom. The Kier molecular flexibility index (Phi) is 4.90. The summed E-state index contributed by atoms with van der Waals surface area (Å²) in [5.74, 6) is 0. The van der Waals surface area contributed by atoms with E-state index in [0.29, 0.717) is 6.54 Å². The molecule has 0 atom stereocenters. The molecule has 0 aliphatic carbocycles. The van der Waals surface area contributed by atoms with E-state index in [-0.39, 0.29) is 0 Å². The van der Waals surface area contributed by atoms with Gasteiger partial charge in [-0.05, 0) is 18.4 Å². The summed E-state index contributed by atoms with van der Waals surface area (Å²) in [4.78, 5) is 5.99. The molecule has 1 heterocycles. The fourth-order valence-corrected chi connectivity index (χ4v) is 3.02. The van der Waals surface area contributed by atoms with Gasteiger partial charge in [0.15, 0.2) is 0 Å². The monoisotopic (exact) mass is 260 g/mol. The standard InChI is InChI=1S/C15H20N2S/c1-2-6-13-14(11-16)18-15(17-13)10-9-12-7-4-3-5-8-12/h3-5,7-8H,2,6,9-11,16H2,1H3. The molecule has 0 saturated carbocycles. The summed E-state index contributed by atoms with van der Waals surface area (Å²) in [5.41, 5.74) is 8.36. The van der Waals surface area contributed by atoms with E-state index < -0.39 is 0 Å². The van der Waals surface area contributed by atoms with Crippen LogP contribution < -0.4 is 5.73 Å². The molecular formula is C15H20N2S. The first-order valence-corrected chi connectivity index (χ1v) is 7.36. The van der Waals surface area contributed by atoms with Gasteiger partial charge in [-0.2, -0.15) is 0 Å².